The first-order valence-electron chi connectivity index (χ1n) is 9.30. The molecule has 1 aliphatic heterocycles. The lowest BCUT2D eigenvalue weighted by Crippen LogP contribution is -2.47. The lowest BCUT2D eigenvalue weighted by Gasteiger charge is -2.31. The number of nitrogens with zero attached hydrogens (tertiary/aromatic N) is 1. The van der Waals surface area contributed by atoms with Crippen LogP contribution in [0.2, 0.25) is 0 Å². The summed E-state index contributed by atoms with van der Waals surface area (Å²) in [5.41, 5.74) is -0.0412. The molecule has 0 radical (unpaired) electrons. The van der Waals surface area contributed by atoms with E-state index in [0.29, 0.717) is 32.2 Å². The monoisotopic (exact) mass is 465 g/mol. The van der Waals surface area contributed by atoms with E-state index in [2.05, 4.69) is 14.8 Å². The highest BCUT2D eigenvalue weighted by atomic mass is 32.2. The minimum absolute atomic E-state index is 0.0412. The predicted octanol–water partition coefficient (Wildman–Crippen LogP) is 2.79. The van der Waals surface area contributed by atoms with Crippen LogP contribution in [-0.2, 0) is 10.0 Å². The quantitative estimate of drug-likeness (QED) is 0.616. The second-order valence-electron chi connectivity index (χ2n) is 6.91. The number of hydrogen-bond donors (Lipinski definition) is 2. The standard InChI is InChI=1S/C19H20F5N3O3S/c20-13-1-6-16(17(21)11-13)18(12-27-9-7-25-8-10-27)26-31(28,29)15-4-2-14(3-5-15)30-19(22,23)24/h1-6,11,18,25-26H,7-10,12H2/t18-/m0/s1. The summed E-state index contributed by atoms with van der Waals surface area (Å²) in [7, 11) is -4.24. The third-order valence-electron chi connectivity index (χ3n) is 4.65. The van der Waals surface area contributed by atoms with Crippen molar-refractivity contribution in [3.05, 3.63) is 59.7 Å². The fraction of sp³-hybridized carbons (Fsp3) is 0.368. The summed E-state index contributed by atoms with van der Waals surface area (Å²) in [6, 6.07) is 5.45. The van der Waals surface area contributed by atoms with Gasteiger partial charge in [-0.25, -0.2) is 21.9 Å². The van der Waals surface area contributed by atoms with Crippen LogP contribution in [0.1, 0.15) is 11.6 Å². The molecule has 1 fully saturated rings. The molecule has 170 valence electrons. The van der Waals surface area contributed by atoms with Crippen molar-refractivity contribution in [2.75, 3.05) is 32.7 Å². The molecule has 0 saturated carbocycles. The summed E-state index contributed by atoms with van der Waals surface area (Å²) >= 11 is 0. The third kappa shape index (κ3) is 6.60. The van der Waals surface area contributed by atoms with Gasteiger partial charge in [-0.05, 0) is 30.3 Å². The number of piperazine rings is 1. The molecule has 2 aromatic carbocycles. The van der Waals surface area contributed by atoms with Gasteiger partial charge in [0.05, 0.1) is 10.9 Å². The second-order valence-corrected chi connectivity index (χ2v) is 8.62. The molecule has 0 aliphatic carbocycles. The maximum absolute atomic E-state index is 14.4. The smallest absolute Gasteiger partial charge is 0.406 e. The molecule has 0 amide bonds. The van der Waals surface area contributed by atoms with Crippen LogP contribution >= 0.6 is 0 Å². The van der Waals surface area contributed by atoms with Gasteiger partial charge in [0, 0.05) is 44.4 Å². The second kappa shape index (κ2) is 9.47. The zero-order valence-electron chi connectivity index (χ0n) is 16.1. The first-order chi connectivity index (χ1) is 14.5. The summed E-state index contributed by atoms with van der Waals surface area (Å²) in [6.45, 7) is 2.67. The van der Waals surface area contributed by atoms with Crippen LogP contribution in [0.4, 0.5) is 22.0 Å². The van der Waals surface area contributed by atoms with Crippen LogP contribution in [0.5, 0.6) is 5.75 Å². The molecule has 0 aromatic heterocycles. The Kier molecular flexibility index (Phi) is 7.14. The van der Waals surface area contributed by atoms with E-state index < -0.39 is 39.8 Å². The van der Waals surface area contributed by atoms with Crippen molar-refractivity contribution >= 4 is 10.0 Å². The van der Waals surface area contributed by atoms with Gasteiger partial charge in [0.25, 0.3) is 0 Å². The van der Waals surface area contributed by atoms with Gasteiger partial charge in [-0.15, -0.1) is 13.2 Å². The van der Waals surface area contributed by atoms with E-state index in [1.165, 1.54) is 6.07 Å². The van der Waals surface area contributed by atoms with Crippen molar-refractivity contribution in [3.63, 3.8) is 0 Å². The Balaban J connectivity index is 1.84. The van der Waals surface area contributed by atoms with E-state index in [9.17, 15) is 30.4 Å². The number of ether oxygens (including phenoxy) is 1. The SMILES string of the molecule is O=S(=O)(N[C@@H](CN1CCNCC1)c1ccc(F)cc1F)c1ccc(OC(F)(F)F)cc1. The van der Waals surface area contributed by atoms with E-state index in [0.717, 1.165) is 30.3 Å². The number of rotatable bonds is 7. The van der Waals surface area contributed by atoms with Crippen LogP contribution < -0.4 is 14.8 Å². The molecular weight excluding hydrogens is 445 g/mol. The summed E-state index contributed by atoms with van der Waals surface area (Å²) in [6.07, 6.45) is -4.91. The zero-order valence-corrected chi connectivity index (χ0v) is 16.9. The number of halogens is 5. The highest BCUT2D eigenvalue weighted by Crippen LogP contribution is 2.26. The molecule has 31 heavy (non-hydrogen) atoms. The van der Waals surface area contributed by atoms with Gasteiger partial charge in [-0.2, -0.15) is 0 Å². The Morgan fingerprint density at radius 1 is 1.06 bits per heavy atom. The van der Waals surface area contributed by atoms with Crippen LogP contribution in [-0.4, -0.2) is 52.4 Å². The molecule has 1 atom stereocenters. The Morgan fingerprint density at radius 3 is 2.29 bits per heavy atom. The maximum Gasteiger partial charge on any atom is 0.573 e. The summed E-state index contributed by atoms with van der Waals surface area (Å²) in [5, 5.41) is 3.15. The molecule has 0 unspecified atom stereocenters. The van der Waals surface area contributed by atoms with Crippen molar-refractivity contribution in [2.45, 2.75) is 17.3 Å². The zero-order chi connectivity index (χ0) is 22.6. The Morgan fingerprint density at radius 2 is 1.71 bits per heavy atom. The number of hydrogen-bond acceptors (Lipinski definition) is 5. The number of alkyl halides is 3. The van der Waals surface area contributed by atoms with E-state index in [1.807, 2.05) is 4.90 Å². The average molecular weight is 465 g/mol. The van der Waals surface area contributed by atoms with Gasteiger partial charge >= 0.3 is 6.36 Å². The third-order valence-corrected chi connectivity index (χ3v) is 6.14. The highest BCUT2D eigenvalue weighted by molar-refractivity contribution is 7.89. The number of nitrogens with one attached hydrogen (secondary N) is 2. The molecule has 6 nitrogen and oxygen atoms in total. The van der Waals surface area contributed by atoms with E-state index >= 15 is 0 Å². The molecule has 0 spiro atoms. The summed E-state index contributed by atoms with van der Waals surface area (Å²) < 4.78 is 96.4. The van der Waals surface area contributed by atoms with E-state index in [1.54, 1.807) is 0 Å². The number of benzene rings is 2. The molecule has 2 aromatic rings. The van der Waals surface area contributed by atoms with Crippen molar-refractivity contribution in [2.24, 2.45) is 0 Å². The lowest BCUT2D eigenvalue weighted by atomic mass is 10.1. The Hall–Kier alpha value is -2.28. The van der Waals surface area contributed by atoms with Gasteiger partial charge in [0.2, 0.25) is 10.0 Å². The molecule has 1 heterocycles. The fourth-order valence-electron chi connectivity index (χ4n) is 3.21. The predicted molar refractivity (Wildman–Crippen MR) is 102 cm³/mol. The van der Waals surface area contributed by atoms with Crippen molar-refractivity contribution in [3.8, 4) is 5.75 Å². The minimum atomic E-state index is -4.91. The fourth-order valence-corrected chi connectivity index (χ4v) is 4.42. The molecular formula is C19H20F5N3O3S. The first-order valence-corrected chi connectivity index (χ1v) is 10.8. The van der Waals surface area contributed by atoms with Gasteiger partial charge in [-0.1, -0.05) is 6.07 Å². The van der Waals surface area contributed by atoms with Crippen LogP contribution in [0.3, 0.4) is 0 Å². The lowest BCUT2D eigenvalue weighted by molar-refractivity contribution is -0.274. The van der Waals surface area contributed by atoms with Crippen LogP contribution in [0.15, 0.2) is 47.4 Å². The molecule has 3 rings (SSSR count). The topological polar surface area (TPSA) is 70.7 Å². The van der Waals surface area contributed by atoms with Gasteiger partial charge < -0.3 is 10.1 Å². The largest absolute Gasteiger partial charge is 0.573 e. The Bertz CT molecular complexity index is 994. The van der Waals surface area contributed by atoms with Gasteiger partial charge in [0.15, 0.2) is 0 Å². The van der Waals surface area contributed by atoms with Crippen molar-refractivity contribution < 1.29 is 35.1 Å². The van der Waals surface area contributed by atoms with Crippen molar-refractivity contribution in [1.29, 1.82) is 0 Å². The normalized spacial score (nSPS) is 16.8. The van der Waals surface area contributed by atoms with Gasteiger partial charge in [0.1, 0.15) is 17.4 Å². The van der Waals surface area contributed by atoms with E-state index in [-0.39, 0.29) is 17.0 Å². The average Bonchev–Trinajstić information content (AvgIpc) is 2.67. The summed E-state index contributed by atoms with van der Waals surface area (Å²) in [5.74, 6) is -2.28. The van der Waals surface area contributed by atoms with Crippen molar-refractivity contribution in [1.82, 2.24) is 14.9 Å². The first kappa shape index (κ1) is 23.4. The van der Waals surface area contributed by atoms with Crippen LogP contribution in [0.25, 0.3) is 0 Å². The van der Waals surface area contributed by atoms with Gasteiger partial charge in [-0.3, -0.25) is 4.90 Å². The highest BCUT2D eigenvalue weighted by Gasteiger charge is 2.31. The molecule has 0 bridgehead atoms. The Labute approximate surface area is 176 Å². The molecule has 12 heteroatoms. The number of sulfonamides is 1. The maximum atomic E-state index is 14.4. The van der Waals surface area contributed by atoms with Crippen LogP contribution in [0, 0.1) is 11.6 Å². The molecule has 2 N–H and O–H groups in total. The minimum Gasteiger partial charge on any atom is -0.406 e. The molecule has 1 saturated heterocycles. The van der Waals surface area contributed by atoms with E-state index in [4.69, 9.17) is 0 Å². The molecule has 1 aliphatic rings. The summed E-state index contributed by atoms with van der Waals surface area (Å²) in [4.78, 5) is 1.60.